The topological polar surface area (TPSA) is 59.3 Å². The van der Waals surface area contributed by atoms with E-state index in [-0.39, 0.29) is 17.2 Å². The number of aromatic hydroxyl groups is 1. The molecule has 206 valence electrons. The summed E-state index contributed by atoms with van der Waals surface area (Å²) in [4.78, 5) is 4.98. The number of imidazole rings is 1. The third-order valence-electron chi connectivity index (χ3n) is 7.59. The zero-order valence-electron chi connectivity index (χ0n) is 22.9. The van der Waals surface area contributed by atoms with Crippen LogP contribution in [0.15, 0.2) is 54.6 Å². The number of hydrogen-bond acceptors (Lipinski definition) is 4. The molecule has 5 nitrogen and oxygen atoms in total. The summed E-state index contributed by atoms with van der Waals surface area (Å²) in [5, 5.41) is 13.6. The van der Waals surface area contributed by atoms with Crippen molar-refractivity contribution < 1.29 is 23.0 Å². The Morgan fingerprint density at radius 2 is 1.64 bits per heavy atom. The van der Waals surface area contributed by atoms with E-state index < -0.39 is 6.36 Å². The quantitative estimate of drug-likeness (QED) is 0.267. The lowest BCUT2D eigenvalue weighted by atomic mass is 9.70. The number of phenols is 1. The van der Waals surface area contributed by atoms with E-state index in [0.717, 1.165) is 52.5 Å². The monoisotopic (exact) mass is 537 g/mol. The van der Waals surface area contributed by atoms with E-state index in [0.29, 0.717) is 23.3 Å². The molecule has 1 saturated carbocycles. The van der Waals surface area contributed by atoms with Gasteiger partial charge in [-0.3, -0.25) is 0 Å². The Balaban J connectivity index is 1.57. The van der Waals surface area contributed by atoms with Gasteiger partial charge < -0.3 is 19.7 Å². The number of rotatable bonds is 5. The maximum Gasteiger partial charge on any atom is 0.573 e. The number of nitrogens with one attached hydrogen (secondary N) is 1. The first-order valence-corrected chi connectivity index (χ1v) is 13.2. The van der Waals surface area contributed by atoms with Crippen LogP contribution in [-0.2, 0) is 0 Å². The van der Waals surface area contributed by atoms with Crippen molar-refractivity contribution in [1.29, 1.82) is 0 Å². The highest BCUT2D eigenvalue weighted by molar-refractivity contribution is 5.85. The van der Waals surface area contributed by atoms with Crippen molar-refractivity contribution in [3.8, 4) is 22.6 Å². The molecule has 0 saturated heterocycles. The molecule has 0 amide bonds. The molecule has 1 aromatic heterocycles. The zero-order chi connectivity index (χ0) is 28.1. The van der Waals surface area contributed by atoms with Crippen molar-refractivity contribution in [2.45, 2.75) is 66.3 Å². The number of ether oxygens (including phenoxy) is 1. The zero-order valence-corrected chi connectivity index (χ0v) is 22.9. The molecule has 5 rings (SSSR count). The average Bonchev–Trinajstić information content (AvgIpc) is 3.18. The molecule has 0 bridgehead atoms. The Morgan fingerprint density at radius 3 is 2.26 bits per heavy atom. The minimum atomic E-state index is -4.74. The standard InChI is InChI=1S/C31H34F3N3O2/c1-18-12-24(17-30(4,5)16-18)37-27-11-6-21(22-13-19(2)28(38)20(3)14-22)15-26(27)36-29(37)35-23-7-9-25(10-8-23)39-31(32,33)34/h6-11,13-15,18,24,38H,12,16-17H2,1-5H3,(H,35,36)/t18-,24?/m0/s1. The first-order chi connectivity index (χ1) is 18.3. The van der Waals surface area contributed by atoms with Gasteiger partial charge in [0.1, 0.15) is 11.5 Å². The SMILES string of the molecule is Cc1cc(-c2ccc3c(c2)nc(Nc2ccc(OC(F)(F)F)cc2)n3C2C[C@H](C)CC(C)(C)C2)cc(C)c1O. The van der Waals surface area contributed by atoms with Gasteiger partial charge in [0.15, 0.2) is 0 Å². The van der Waals surface area contributed by atoms with Gasteiger partial charge in [0.25, 0.3) is 0 Å². The van der Waals surface area contributed by atoms with Gasteiger partial charge in [0, 0.05) is 11.7 Å². The summed E-state index contributed by atoms with van der Waals surface area (Å²) in [6.45, 7) is 10.7. The third kappa shape index (κ3) is 5.84. The highest BCUT2D eigenvalue weighted by Crippen LogP contribution is 2.46. The van der Waals surface area contributed by atoms with Crippen LogP contribution in [0.1, 0.15) is 57.2 Å². The fraction of sp³-hybridized carbons (Fsp3) is 0.387. The molecule has 8 heteroatoms. The molecule has 1 heterocycles. The summed E-state index contributed by atoms with van der Waals surface area (Å²) < 4.78 is 44.1. The molecule has 1 aliphatic carbocycles. The van der Waals surface area contributed by atoms with Crippen molar-refractivity contribution in [1.82, 2.24) is 9.55 Å². The van der Waals surface area contributed by atoms with E-state index in [2.05, 4.69) is 53.6 Å². The first-order valence-electron chi connectivity index (χ1n) is 13.2. The minimum absolute atomic E-state index is 0.174. The summed E-state index contributed by atoms with van der Waals surface area (Å²) in [5.74, 6) is 1.23. The molecule has 39 heavy (non-hydrogen) atoms. The van der Waals surface area contributed by atoms with Crippen LogP contribution in [0.5, 0.6) is 11.5 Å². The second-order valence-corrected chi connectivity index (χ2v) is 11.7. The number of phenolic OH excluding ortho intramolecular Hbond substituents is 1. The molecule has 1 aliphatic rings. The number of halogens is 3. The van der Waals surface area contributed by atoms with Gasteiger partial charge in [0.05, 0.1) is 11.0 Å². The summed E-state index contributed by atoms with van der Waals surface area (Å²) in [6, 6.07) is 16.1. The van der Waals surface area contributed by atoms with Crippen LogP contribution < -0.4 is 10.1 Å². The molecular formula is C31H34F3N3O2. The molecular weight excluding hydrogens is 503 g/mol. The van der Waals surface area contributed by atoms with Crippen LogP contribution in [0.2, 0.25) is 0 Å². The average molecular weight is 538 g/mol. The normalized spacial score (nSPS) is 19.3. The van der Waals surface area contributed by atoms with Gasteiger partial charge in [-0.05, 0) is 115 Å². The van der Waals surface area contributed by atoms with E-state index in [1.165, 1.54) is 12.1 Å². The van der Waals surface area contributed by atoms with E-state index >= 15 is 0 Å². The van der Waals surface area contributed by atoms with Gasteiger partial charge in [-0.2, -0.15) is 0 Å². The number of hydrogen-bond donors (Lipinski definition) is 2. The summed E-state index contributed by atoms with van der Waals surface area (Å²) in [5.41, 5.74) is 6.25. The molecule has 0 spiro atoms. The number of alkyl halides is 3. The van der Waals surface area contributed by atoms with Gasteiger partial charge in [-0.15, -0.1) is 13.2 Å². The fourth-order valence-electron chi connectivity index (χ4n) is 6.22. The molecule has 2 atom stereocenters. The number of benzene rings is 3. The Kier molecular flexibility index (Phi) is 6.77. The Bertz CT molecular complexity index is 1480. The number of nitrogens with zero attached hydrogens (tertiary/aromatic N) is 2. The summed E-state index contributed by atoms with van der Waals surface area (Å²) in [6.07, 6.45) is -1.57. The number of aromatic nitrogens is 2. The lowest BCUT2D eigenvalue weighted by molar-refractivity contribution is -0.274. The predicted molar refractivity (Wildman–Crippen MR) is 149 cm³/mol. The molecule has 1 unspecified atom stereocenters. The van der Waals surface area contributed by atoms with Crippen LogP contribution in [-0.4, -0.2) is 21.0 Å². The summed E-state index contributed by atoms with van der Waals surface area (Å²) in [7, 11) is 0. The van der Waals surface area contributed by atoms with E-state index in [4.69, 9.17) is 4.98 Å². The minimum Gasteiger partial charge on any atom is -0.507 e. The maximum atomic E-state index is 12.6. The second-order valence-electron chi connectivity index (χ2n) is 11.7. The van der Waals surface area contributed by atoms with Gasteiger partial charge in [-0.1, -0.05) is 26.8 Å². The predicted octanol–water partition coefficient (Wildman–Crippen LogP) is 9.06. The Hall–Kier alpha value is -3.68. The fourth-order valence-corrected chi connectivity index (χ4v) is 6.22. The molecule has 1 fully saturated rings. The maximum absolute atomic E-state index is 12.6. The molecule has 0 radical (unpaired) electrons. The number of anilines is 2. The van der Waals surface area contributed by atoms with Crippen LogP contribution in [0.4, 0.5) is 24.8 Å². The number of fused-ring (bicyclic) bond motifs is 1. The lowest BCUT2D eigenvalue weighted by Crippen LogP contribution is -2.29. The molecule has 2 N–H and O–H groups in total. The van der Waals surface area contributed by atoms with Crippen LogP contribution >= 0.6 is 0 Å². The smallest absolute Gasteiger partial charge is 0.507 e. The molecule has 3 aromatic carbocycles. The first kappa shape index (κ1) is 26.9. The Morgan fingerprint density at radius 1 is 0.974 bits per heavy atom. The van der Waals surface area contributed by atoms with Crippen molar-refractivity contribution in [2.24, 2.45) is 11.3 Å². The Labute approximate surface area is 226 Å². The lowest BCUT2D eigenvalue weighted by Gasteiger charge is -2.40. The largest absolute Gasteiger partial charge is 0.573 e. The van der Waals surface area contributed by atoms with E-state index in [1.807, 2.05) is 26.0 Å². The van der Waals surface area contributed by atoms with Crippen molar-refractivity contribution in [3.63, 3.8) is 0 Å². The van der Waals surface area contributed by atoms with Gasteiger partial charge in [-0.25, -0.2) is 4.98 Å². The van der Waals surface area contributed by atoms with E-state index in [9.17, 15) is 18.3 Å². The van der Waals surface area contributed by atoms with Crippen LogP contribution in [0.25, 0.3) is 22.2 Å². The number of aryl methyl sites for hydroxylation is 2. The third-order valence-corrected chi connectivity index (χ3v) is 7.59. The van der Waals surface area contributed by atoms with Crippen LogP contribution in [0.3, 0.4) is 0 Å². The van der Waals surface area contributed by atoms with Crippen molar-refractivity contribution in [2.75, 3.05) is 5.32 Å². The molecule has 4 aromatic rings. The highest BCUT2D eigenvalue weighted by atomic mass is 19.4. The van der Waals surface area contributed by atoms with Gasteiger partial charge in [0.2, 0.25) is 5.95 Å². The van der Waals surface area contributed by atoms with Crippen molar-refractivity contribution >= 4 is 22.7 Å². The highest BCUT2D eigenvalue weighted by Gasteiger charge is 2.35. The second kappa shape index (κ2) is 9.81. The molecule has 0 aliphatic heterocycles. The van der Waals surface area contributed by atoms with Crippen LogP contribution in [0, 0.1) is 25.2 Å². The van der Waals surface area contributed by atoms with Gasteiger partial charge >= 0.3 is 6.36 Å². The van der Waals surface area contributed by atoms with Crippen molar-refractivity contribution in [3.05, 3.63) is 65.7 Å². The van der Waals surface area contributed by atoms with E-state index in [1.54, 1.807) is 12.1 Å². The summed E-state index contributed by atoms with van der Waals surface area (Å²) >= 11 is 0.